The Kier molecular flexibility index (Phi) is 4.55. The number of nitrogens with one attached hydrogen (secondary N) is 1. The smallest absolute Gasteiger partial charge is 0.251 e. The normalized spacial score (nSPS) is 28.7. The minimum atomic E-state index is -0.114. The first-order valence-corrected chi connectivity index (χ1v) is 9.74. The molecule has 4 rings (SSSR count). The first-order chi connectivity index (χ1) is 12.5. The third kappa shape index (κ3) is 3.27. The molecule has 0 aromatic heterocycles. The van der Waals surface area contributed by atoms with Gasteiger partial charge in [-0.25, -0.2) is 0 Å². The number of amides is 3. The lowest BCUT2D eigenvalue weighted by Crippen LogP contribution is -2.40. The van der Waals surface area contributed by atoms with Crippen molar-refractivity contribution in [1.82, 2.24) is 10.2 Å². The molecule has 1 N–H and O–H groups in total. The largest absolute Gasteiger partial charge is 0.349 e. The summed E-state index contributed by atoms with van der Waals surface area (Å²) in [7, 11) is 0. The molecule has 26 heavy (non-hydrogen) atoms. The van der Waals surface area contributed by atoms with Crippen LogP contribution in [-0.2, 0) is 16.1 Å². The molecule has 2 aliphatic carbocycles. The SMILES string of the molecule is C[C@H](NC(=O)c1ccc(CN2C(=O)CCC2=O)cc1)[C@H]1C[C@H]2CC[C@H]1C2. The molecule has 5 nitrogen and oxygen atoms in total. The van der Waals surface area contributed by atoms with Gasteiger partial charge in [0.15, 0.2) is 0 Å². The summed E-state index contributed by atoms with van der Waals surface area (Å²) in [4.78, 5) is 37.3. The fourth-order valence-electron chi connectivity index (χ4n) is 5.05. The van der Waals surface area contributed by atoms with E-state index in [4.69, 9.17) is 0 Å². The van der Waals surface area contributed by atoms with E-state index in [2.05, 4.69) is 12.2 Å². The van der Waals surface area contributed by atoms with Crippen molar-refractivity contribution >= 4 is 17.7 Å². The Morgan fingerprint density at radius 1 is 1.12 bits per heavy atom. The van der Waals surface area contributed by atoms with E-state index < -0.39 is 0 Å². The fraction of sp³-hybridized carbons (Fsp3) is 0.571. The highest BCUT2D eigenvalue weighted by Gasteiger charge is 2.42. The van der Waals surface area contributed by atoms with E-state index >= 15 is 0 Å². The molecule has 2 saturated carbocycles. The molecule has 2 bridgehead atoms. The van der Waals surface area contributed by atoms with Gasteiger partial charge in [0, 0.05) is 24.4 Å². The van der Waals surface area contributed by atoms with Crippen LogP contribution in [0.4, 0.5) is 0 Å². The van der Waals surface area contributed by atoms with E-state index in [0.717, 1.165) is 17.4 Å². The van der Waals surface area contributed by atoms with Crippen molar-refractivity contribution in [3.05, 3.63) is 35.4 Å². The topological polar surface area (TPSA) is 66.5 Å². The van der Waals surface area contributed by atoms with Crippen LogP contribution in [0.2, 0.25) is 0 Å². The number of fused-ring (bicyclic) bond motifs is 2. The van der Waals surface area contributed by atoms with Crippen molar-refractivity contribution in [2.45, 2.75) is 58.0 Å². The summed E-state index contributed by atoms with van der Waals surface area (Å²) >= 11 is 0. The molecule has 3 aliphatic rings. The average molecular weight is 354 g/mol. The van der Waals surface area contributed by atoms with Gasteiger partial charge in [-0.2, -0.15) is 0 Å². The molecule has 1 saturated heterocycles. The van der Waals surface area contributed by atoms with Gasteiger partial charge in [0.25, 0.3) is 5.91 Å². The van der Waals surface area contributed by atoms with E-state index in [9.17, 15) is 14.4 Å². The van der Waals surface area contributed by atoms with Gasteiger partial charge in [0.1, 0.15) is 0 Å². The van der Waals surface area contributed by atoms with Gasteiger partial charge in [-0.15, -0.1) is 0 Å². The molecule has 1 heterocycles. The Hall–Kier alpha value is -2.17. The second-order valence-corrected chi connectivity index (χ2v) is 8.17. The Morgan fingerprint density at radius 2 is 1.81 bits per heavy atom. The van der Waals surface area contributed by atoms with Crippen LogP contribution in [0.5, 0.6) is 0 Å². The molecule has 3 amide bonds. The van der Waals surface area contributed by atoms with Crippen LogP contribution in [0, 0.1) is 17.8 Å². The number of nitrogens with zero attached hydrogens (tertiary/aromatic N) is 1. The molecule has 1 aromatic carbocycles. The maximum Gasteiger partial charge on any atom is 0.251 e. The molecular weight excluding hydrogens is 328 g/mol. The lowest BCUT2D eigenvalue weighted by Gasteiger charge is -2.28. The molecule has 0 unspecified atom stereocenters. The van der Waals surface area contributed by atoms with Gasteiger partial charge in [0.2, 0.25) is 11.8 Å². The minimum absolute atomic E-state index is 0.0415. The minimum Gasteiger partial charge on any atom is -0.349 e. The number of imide groups is 1. The van der Waals surface area contributed by atoms with E-state index in [1.807, 2.05) is 12.1 Å². The number of likely N-dealkylation sites (tertiary alicyclic amines) is 1. The van der Waals surface area contributed by atoms with Gasteiger partial charge in [-0.1, -0.05) is 18.6 Å². The number of rotatable bonds is 5. The Balaban J connectivity index is 1.35. The highest BCUT2D eigenvalue weighted by molar-refractivity contribution is 6.01. The van der Waals surface area contributed by atoms with Crippen molar-refractivity contribution < 1.29 is 14.4 Å². The predicted molar refractivity (Wildman–Crippen MR) is 97.1 cm³/mol. The number of carbonyl (C=O) groups is 3. The Bertz CT molecular complexity index is 711. The molecule has 3 fully saturated rings. The summed E-state index contributed by atoms with van der Waals surface area (Å²) in [5.74, 6) is 2.00. The fourth-order valence-corrected chi connectivity index (χ4v) is 5.05. The summed E-state index contributed by atoms with van der Waals surface area (Å²) in [6, 6.07) is 7.43. The van der Waals surface area contributed by atoms with Crippen molar-refractivity contribution in [2.24, 2.45) is 17.8 Å². The summed E-state index contributed by atoms with van der Waals surface area (Å²) in [5.41, 5.74) is 1.49. The second-order valence-electron chi connectivity index (χ2n) is 8.17. The third-order valence-electron chi connectivity index (χ3n) is 6.51. The van der Waals surface area contributed by atoms with E-state index in [-0.39, 0.29) is 23.8 Å². The monoisotopic (exact) mass is 354 g/mol. The summed E-state index contributed by atoms with van der Waals surface area (Å²) in [6.45, 7) is 2.42. The molecule has 1 aromatic rings. The quantitative estimate of drug-likeness (QED) is 0.827. The van der Waals surface area contributed by atoms with Crippen molar-refractivity contribution in [3.63, 3.8) is 0 Å². The van der Waals surface area contributed by atoms with Gasteiger partial charge in [-0.05, 0) is 61.6 Å². The average Bonchev–Trinajstić information content (AvgIpc) is 3.34. The molecule has 5 heteroatoms. The number of hydrogen-bond donors (Lipinski definition) is 1. The number of carbonyl (C=O) groups excluding carboxylic acids is 3. The standard InChI is InChI=1S/C21H26N2O3/c1-13(18-11-15-4-7-17(18)10-15)22-21(26)16-5-2-14(3-6-16)12-23-19(24)8-9-20(23)25/h2-3,5-6,13,15,17-18H,4,7-12H2,1H3,(H,22,26)/t13-,15-,17-,18+/m0/s1. The lowest BCUT2D eigenvalue weighted by atomic mass is 9.84. The maximum absolute atomic E-state index is 12.5. The van der Waals surface area contributed by atoms with Gasteiger partial charge in [0.05, 0.1) is 6.54 Å². The summed E-state index contributed by atoms with van der Waals surface area (Å²) in [6.07, 6.45) is 5.89. The van der Waals surface area contributed by atoms with Crippen LogP contribution in [0.3, 0.4) is 0 Å². The van der Waals surface area contributed by atoms with Crippen LogP contribution >= 0.6 is 0 Å². The summed E-state index contributed by atoms with van der Waals surface area (Å²) < 4.78 is 0. The van der Waals surface area contributed by atoms with Gasteiger partial charge >= 0.3 is 0 Å². The van der Waals surface area contributed by atoms with E-state index in [1.165, 1.54) is 30.6 Å². The zero-order valence-electron chi connectivity index (χ0n) is 15.2. The van der Waals surface area contributed by atoms with Crippen LogP contribution in [-0.4, -0.2) is 28.7 Å². The van der Waals surface area contributed by atoms with Crippen molar-refractivity contribution in [2.75, 3.05) is 0 Å². The lowest BCUT2D eigenvalue weighted by molar-refractivity contribution is -0.139. The molecule has 0 spiro atoms. The van der Waals surface area contributed by atoms with Gasteiger partial charge < -0.3 is 5.32 Å². The highest BCUT2D eigenvalue weighted by Crippen LogP contribution is 2.49. The van der Waals surface area contributed by atoms with E-state index in [1.54, 1.807) is 12.1 Å². The maximum atomic E-state index is 12.5. The zero-order chi connectivity index (χ0) is 18.3. The summed E-state index contributed by atoms with van der Waals surface area (Å²) in [5, 5.41) is 3.17. The number of benzene rings is 1. The molecule has 1 aliphatic heterocycles. The van der Waals surface area contributed by atoms with E-state index in [0.29, 0.717) is 30.9 Å². The van der Waals surface area contributed by atoms with Crippen LogP contribution < -0.4 is 5.32 Å². The molecule has 4 atom stereocenters. The molecular formula is C21H26N2O3. The van der Waals surface area contributed by atoms with Crippen LogP contribution in [0.15, 0.2) is 24.3 Å². The van der Waals surface area contributed by atoms with Crippen molar-refractivity contribution in [3.8, 4) is 0 Å². The zero-order valence-corrected chi connectivity index (χ0v) is 15.2. The predicted octanol–water partition coefficient (Wildman–Crippen LogP) is 2.89. The molecule has 0 radical (unpaired) electrons. The van der Waals surface area contributed by atoms with Crippen molar-refractivity contribution in [1.29, 1.82) is 0 Å². The molecule has 138 valence electrons. The Labute approximate surface area is 154 Å². The first kappa shape index (κ1) is 17.3. The van der Waals surface area contributed by atoms with Crippen LogP contribution in [0.25, 0.3) is 0 Å². The Morgan fingerprint density at radius 3 is 2.38 bits per heavy atom. The first-order valence-electron chi connectivity index (χ1n) is 9.74. The van der Waals surface area contributed by atoms with Crippen LogP contribution in [0.1, 0.15) is 61.4 Å². The van der Waals surface area contributed by atoms with Gasteiger partial charge in [-0.3, -0.25) is 19.3 Å². The third-order valence-corrected chi connectivity index (χ3v) is 6.51. The number of hydrogen-bond acceptors (Lipinski definition) is 3. The highest BCUT2D eigenvalue weighted by atomic mass is 16.2. The second kappa shape index (κ2) is 6.86.